The van der Waals surface area contributed by atoms with Crippen molar-refractivity contribution in [3.05, 3.63) is 52.9 Å². The fourth-order valence-corrected chi connectivity index (χ4v) is 4.65. The van der Waals surface area contributed by atoms with Crippen molar-refractivity contribution in [3.8, 4) is 11.3 Å². The Morgan fingerprint density at radius 2 is 1.93 bits per heavy atom. The minimum Gasteiger partial charge on any atom is -0.457 e. The molecule has 0 bridgehead atoms. The highest BCUT2D eigenvalue weighted by molar-refractivity contribution is 8.26. The molecule has 0 aliphatic carbocycles. The normalized spacial score (nSPS) is 25.0. The lowest BCUT2D eigenvalue weighted by molar-refractivity contribution is -0.744. The summed E-state index contributed by atoms with van der Waals surface area (Å²) in [7, 11) is 1.86. The number of likely N-dealkylation sites (N-methyl/N-ethyl adjacent to an activating group) is 1. The summed E-state index contributed by atoms with van der Waals surface area (Å²) in [5.41, 5.74) is 0.778. The molecule has 0 radical (unpaired) electrons. The molecule has 1 amide bonds. The second-order valence-corrected chi connectivity index (χ2v) is 8.63. The van der Waals surface area contributed by atoms with E-state index in [1.165, 1.54) is 23.9 Å². The Morgan fingerprint density at radius 1 is 1.21 bits per heavy atom. The maximum atomic E-state index is 13.1. The van der Waals surface area contributed by atoms with Gasteiger partial charge in [0.05, 0.1) is 20.3 Å². The molecule has 2 aromatic rings. The number of morpholine rings is 1. The lowest BCUT2D eigenvalue weighted by atomic mass is 10.2. The molecule has 0 spiro atoms. The van der Waals surface area contributed by atoms with E-state index in [-0.39, 0.29) is 16.2 Å². The van der Waals surface area contributed by atoms with Crippen LogP contribution in [0.4, 0.5) is 4.39 Å². The van der Waals surface area contributed by atoms with Crippen LogP contribution in [-0.2, 0) is 9.53 Å². The van der Waals surface area contributed by atoms with E-state index in [0.717, 1.165) is 18.7 Å². The largest absolute Gasteiger partial charge is 0.457 e. The molecular formula is C20H20FN2O3S2+. The Morgan fingerprint density at radius 3 is 2.64 bits per heavy atom. The summed E-state index contributed by atoms with van der Waals surface area (Å²) in [6.45, 7) is 3.49. The van der Waals surface area contributed by atoms with Crippen molar-refractivity contribution >= 4 is 40.3 Å². The lowest BCUT2D eigenvalue weighted by Crippen LogP contribution is -2.56. The summed E-state index contributed by atoms with van der Waals surface area (Å²) < 4.78 is 25.0. The molecule has 146 valence electrons. The number of halogens is 1. The molecule has 1 aromatic heterocycles. The Bertz CT molecular complexity index is 935. The quantitative estimate of drug-likeness (QED) is 0.428. The highest BCUT2D eigenvalue weighted by Crippen LogP contribution is 2.38. The summed E-state index contributed by atoms with van der Waals surface area (Å²) in [5.74, 6) is 0.867. The number of hydrogen-bond donors (Lipinski definition) is 0. The van der Waals surface area contributed by atoms with Gasteiger partial charge in [0, 0.05) is 24.7 Å². The minimum absolute atomic E-state index is 0.0266. The molecule has 28 heavy (non-hydrogen) atoms. The van der Waals surface area contributed by atoms with Gasteiger partial charge in [-0.2, -0.15) is 4.48 Å². The van der Waals surface area contributed by atoms with Crippen LogP contribution in [0.25, 0.3) is 17.4 Å². The number of hydrogen-bond acceptors (Lipinski definition) is 6. The third kappa shape index (κ3) is 3.83. The predicted octanol–water partition coefficient (Wildman–Crippen LogP) is 3.72. The molecule has 1 unspecified atom stereocenters. The van der Waals surface area contributed by atoms with Crippen LogP contribution in [0.2, 0.25) is 0 Å². The third-order valence-corrected chi connectivity index (χ3v) is 6.62. The predicted molar refractivity (Wildman–Crippen MR) is 111 cm³/mol. The number of furan rings is 1. The molecule has 2 aliphatic heterocycles. The van der Waals surface area contributed by atoms with Crippen molar-refractivity contribution < 1.29 is 22.8 Å². The van der Waals surface area contributed by atoms with E-state index in [2.05, 4.69) is 4.90 Å². The Balaban J connectivity index is 1.53. The van der Waals surface area contributed by atoms with E-state index in [4.69, 9.17) is 21.4 Å². The van der Waals surface area contributed by atoms with Crippen LogP contribution in [0.1, 0.15) is 5.76 Å². The summed E-state index contributed by atoms with van der Waals surface area (Å²) in [6, 6.07) is 9.70. The van der Waals surface area contributed by atoms with Crippen LogP contribution in [0.15, 0.2) is 45.7 Å². The zero-order valence-corrected chi connectivity index (χ0v) is 17.0. The van der Waals surface area contributed by atoms with Crippen molar-refractivity contribution in [2.45, 2.75) is 0 Å². The van der Waals surface area contributed by atoms with E-state index in [1.54, 1.807) is 24.3 Å². The highest BCUT2D eigenvalue weighted by atomic mass is 32.2. The number of ether oxygens (including phenoxy) is 1. The maximum absolute atomic E-state index is 13.1. The fraction of sp³-hybridized carbons (Fsp3) is 0.300. The van der Waals surface area contributed by atoms with Gasteiger partial charge in [0.25, 0.3) is 0 Å². The van der Waals surface area contributed by atoms with E-state index in [0.29, 0.717) is 40.6 Å². The summed E-state index contributed by atoms with van der Waals surface area (Å²) in [5, 5.41) is 0. The number of thioether (sulfide) groups is 1. The first-order chi connectivity index (χ1) is 13.5. The molecule has 2 fully saturated rings. The first-order valence-corrected chi connectivity index (χ1v) is 10.2. The van der Waals surface area contributed by atoms with E-state index < -0.39 is 0 Å². The van der Waals surface area contributed by atoms with Crippen LogP contribution in [-0.4, -0.2) is 59.6 Å². The molecule has 5 nitrogen and oxygen atoms in total. The minimum atomic E-state index is -0.295. The molecule has 2 saturated heterocycles. The van der Waals surface area contributed by atoms with Crippen molar-refractivity contribution in [1.29, 1.82) is 0 Å². The SMILES string of the molecule is C[N+]1(CN2CCOCC2)C(=O)/C(=C\c2ccc(-c3ccc(F)cc3)o2)SC1=S. The number of nitrogens with zero attached hydrogens (tertiary/aromatic N) is 2. The van der Waals surface area contributed by atoms with Gasteiger partial charge in [0.2, 0.25) is 4.32 Å². The monoisotopic (exact) mass is 419 g/mol. The highest BCUT2D eigenvalue weighted by Gasteiger charge is 2.49. The van der Waals surface area contributed by atoms with Crippen LogP contribution in [0.5, 0.6) is 0 Å². The molecular weight excluding hydrogens is 399 g/mol. The molecule has 4 rings (SSSR count). The first kappa shape index (κ1) is 19.5. The van der Waals surface area contributed by atoms with Crippen molar-refractivity contribution in [2.75, 3.05) is 40.0 Å². The summed E-state index contributed by atoms with van der Waals surface area (Å²) in [4.78, 5) is 15.9. The summed E-state index contributed by atoms with van der Waals surface area (Å²) >= 11 is 6.85. The van der Waals surface area contributed by atoms with Gasteiger partial charge >= 0.3 is 5.91 Å². The van der Waals surface area contributed by atoms with Gasteiger partial charge in [-0.3, -0.25) is 4.90 Å². The van der Waals surface area contributed by atoms with Gasteiger partial charge in [-0.05, 0) is 60.4 Å². The van der Waals surface area contributed by atoms with Crippen LogP contribution >= 0.6 is 24.0 Å². The van der Waals surface area contributed by atoms with Gasteiger partial charge in [0.15, 0.2) is 0 Å². The van der Waals surface area contributed by atoms with E-state index in [9.17, 15) is 9.18 Å². The average molecular weight is 420 g/mol. The smallest absolute Gasteiger partial charge is 0.360 e. The Labute approximate surface area is 172 Å². The van der Waals surface area contributed by atoms with Crippen molar-refractivity contribution in [2.24, 2.45) is 0 Å². The van der Waals surface area contributed by atoms with Gasteiger partial charge in [-0.25, -0.2) is 9.18 Å². The maximum Gasteiger partial charge on any atom is 0.360 e. The number of benzene rings is 1. The second kappa shape index (κ2) is 7.88. The van der Waals surface area contributed by atoms with Crippen LogP contribution in [0.3, 0.4) is 0 Å². The van der Waals surface area contributed by atoms with Crippen LogP contribution < -0.4 is 0 Å². The van der Waals surface area contributed by atoms with Crippen LogP contribution in [0, 0.1) is 5.82 Å². The Kier molecular flexibility index (Phi) is 5.48. The number of quaternary nitrogens is 1. The third-order valence-electron chi connectivity index (χ3n) is 4.87. The molecule has 0 N–H and O–H groups in total. The number of carbonyl (C=O) groups excluding carboxylic acids is 1. The zero-order chi connectivity index (χ0) is 19.7. The topological polar surface area (TPSA) is 42.7 Å². The standard InChI is InChI=1S/C20H20FN2O3S2/c1-23(13-22-8-10-25-11-9-22)19(24)18(28-20(23)27)12-16-6-7-17(26-16)14-2-4-15(21)5-3-14/h2-7,12H,8-11,13H2,1H3/q+1/b18-12+. The van der Waals surface area contributed by atoms with E-state index >= 15 is 0 Å². The number of carbonyl (C=O) groups is 1. The van der Waals surface area contributed by atoms with Crippen molar-refractivity contribution in [3.63, 3.8) is 0 Å². The van der Waals surface area contributed by atoms with Gasteiger partial charge < -0.3 is 9.15 Å². The summed E-state index contributed by atoms with van der Waals surface area (Å²) in [6.07, 6.45) is 1.73. The number of thiocarbonyl (C=S) groups is 1. The molecule has 0 saturated carbocycles. The average Bonchev–Trinajstić information content (AvgIpc) is 3.23. The zero-order valence-electron chi connectivity index (χ0n) is 15.4. The molecule has 3 heterocycles. The fourth-order valence-electron chi connectivity index (χ4n) is 3.25. The van der Waals surface area contributed by atoms with Gasteiger partial charge in [0.1, 0.15) is 28.9 Å². The Hall–Kier alpha value is -1.84. The lowest BCUT2D eigenvalue weighted by Gasteiger charge is -2.33. The number of rotatable bonds is 4. The molecule has 8 heteroatoms. The first-order valence-electron chi connectivity index (χ1n) is 8.96. The molecule has 2 aliphatic rings. The number of amides is 1. The molecule has 1 aromatic carbocycles. The van der Waals surface area contributed by atoms with Crippen molar-refractivity contribution in [1.82, 2.24) is 4.90 Å². The van der Waals surface area contributed by atoms with E-state index in [1.807, 2.05) is 13.1 Å². The van der Waals surface area contributed by atoms with Gasteiger partial charge in [-0.1, -0.05) is 0 Å². The molecule has 1 atom stereocenters. The second-order valence-electron chi connectivity index (χ2n) is 6.95. The van der Waals surface area contributed by atoms with Gasteiger partial charge in [-0.15, -0.1) is 0 Å².